The lowest BCUT2D eigenvalue weighted by atomic mass is 10.1. The number of aryl methyl sites for hydroxylation is 1. The number of nitrogens with one attached hydrogen (secondary N) is 1. The van der Waals surface area contributed by atoms with Crippen molar-refractivity contribution >= 4 is 39.1 Å². The Bertz CT molecular complexity index is 1480. The van der Waals surface area contributed by atoms with Crippen LogP contribution in [0.1, 0.15) is 37.0 Å². The molecule has 0 saturated heterocycles. The zero-order chi connectivity index (χ0) is 30.4. The highest BCUT2D eigenvalue weighted by Crippen LogP contribution is 2.38. The van der Waals surface area contributed by atoms with Crippen molar-refractivity contribution < 1.29 is 31.2 Å². The smallest absolute Gasteiger partial charge is 0.355 e. The molecule has 0 fully saturated rings. The summed E-state index contributed by atoms with van der Waals surface area (Å²) >= 11 is 5.79. The van der Waals surface area contributed by atoms with Gasteiger partial charge in [0.05, 0.1) is 21.2 Å². The number of hydrogen-bond acceptors (Lipinski definition) is 4. The van der Waals surface area contributed by atoms with E-state index in [4.69, 9.17) is 11.6 Å². The summed E-state index contributed by atoms with van der Waals surface area (Å²) in [5.74, 6) is -1.20. The van der Waals surface area contributed by atoms with E-state index in [0.717, 1.165) is 17.7 Å². The normalized spacial score (nSPS) is 12.5. The lowest BCUT2D eigenvalue weighted by molar-refractivity contribution is -0.140. The second-order valence-electron chi connectivity index (χ2n) is 9.32. The molecule has 0 bridgehead atoms. The van der Waals surface area contributed by atoms with Crippen LogP contribution in [0.25, 0.3) is 0 Å². The maximum absolute atomic E-state index is 13.9. The Morgan fingerprint density at radius 2 is 1.66 bits per heavy atom. The fourth-order valence-corrected chi connectivity index (χ4v) is 6.00. The SMILES string of the molecule is CCNC(=O)[C@H](CC)N(Cc1cccc(C)c1)C(=O)CN(c1ccc(Cl)c(C(F)(F)F)c1)S(=O)(=O)c1ccccc1. The molecule has 3 aromatic carbocycles. The van der Waals surface area contributed by atoms with Gasteiger partial charge in [0.1, 0.15) is 12.6 Å². The quantitative estimate of drug-likeness (QED) is 0.297. The number of carbonyl (C=O) groups is 2. The van der Waals surface area contributed by atoms with Crippen LogP contribution in [0.2, 0.25) is 5.02 Å². The van der Waals surface area contributed by atoms with E-state index in [1.54, 1.807) is 32.0 Å². The van der Waals surface area contributed by atoms with Crippen LogP contribution in [0.3, 0.4) is 0 Å². The maximum atomic E-state index is 13.9. The molecule has 220 valence electrons. The molecule has 0 aliphatic rings. The molecule has 1 atom stereocenters. The Hall–Kier alpha value is -3.57. The average Bonchev–Trinajstić information content (AvgIpc) is 2.92. The van der Waals surface area contributed by atoms with Crippen LogP contribution in [0.15, 0.2) is 77.7 Å². The fraction of sp³-hybridized carbons (Fsp3) is 0.310. The van der Waals surface area contributed by atoms with Crippen LogP contribution in [-0.2, 0) is 32.3 Å². The summed E-state index contributed by atoms with van der Waals surface area (Å²) in [6.45, 7) is 4.72. The summed E-state index contributed by atoms with van der Waals surface area (Å²) in [6.07, 6.45) is -4.66. The second kappa shape index (κ2) is 13.4. The third-order valence-corrected chi connectivity index (χ3v) is 8.44. The van der Waals surface area contributed by atoms with Crippen LogP contribution in [0.5, 0.6) is 0 Å². The number of rotatable bonds is 11. The predicted octanol–water partition coefficient (Wildman–Crippen LogP) is 5.81. The number of halogens is 4. The van der Waals surface area contributed by atoms with Crippen LogP contribution >= 0.6 is 11.6 Å². The Balaban J connectivity index is 2.14. The number of carbonyl (C=O) groups excluding carboxylic acids is 2. The van der Waals surface area contributed by atoms with Gasteiger partial charge >= 0.3 is 6.18 Å². The first kappa shape index (κ1) is 32.0. The Kier molecular flexibility index (Phi) is 10.4. The van der Waals surface area contributed by atoms with E-state index in [1.807, 2.05) is 19.1 Å². The van der Waals surface area contributed by atoms with Gasteiger partial charge in [-0.3, -0.25) is 13.9 Å². The van der Waals surface area contributed by atoms with Gasteiger partial charge in [-0.15, -0.1) is 0 Å². The van der Waals surface area contributed by atoms with E-state index in [2.05, 4.69) is 5.32 Å². The Morgan fingerprint density at radius 1 is 0.976 bits per heavy atom. The zero-order valence-electron chi connectivity index (χ0n) is 22.8. The molecule has 0 aliphatic heterocycles. The number of sulfonamides is 1. The van der Waals surface area contributed by atoms with Crippen molar-refractivity contribution in [2.24, 2.45) is 0 Å². The van der Waals surface area contributed by atoms with Crippen molar-refractivity contribution in [1.29, 1.82) is 0 Å². The molecule has 0 spiro atoms. The van der Waals surface area contributed by atoms with Gasteiger partial charge in [0, 0.05) is 13.1 Å². The molecule has 0 radical (unpaired) electrons. The molecular formula is C29H31ClF3N3O4S. The maximum Gasteiger partial charge on any atom is 0.417 e. The number of alkyl halides is 3. The van der Waals surface area contributed by atoms with Crippen molar-refractivity contribution in [2.75, 3.05) is 17.4 Å². The van der Waals surface area contributed by atoms with E-state index in [9.17, 15) is 31.2 Å². The first-order valence-electron chi connectivity index (χ1n) is 12.9. The Labute approximate surface area is 243 Å². The van der Waals surface area contributed by atoms with Crippen molar-refractivity contribution in [2.45, 2.75) is 50.9 Å². The third kappa shape index (κ3) is 7.80. The summed E-state index contributed by atoms with van der Waals surface area (Å²) < 4.78 is 69.3. The van der Waals surface area contributed by atoms with Gasteiger partial charge in [-0.1, -0.05) is 66.6 Å². The van der Waals surface area contributed by atoms with E-state index in [1.165, 1.54) is 29.2 Å². The van der Waals surface area contributed by atoms with E-state index in [-0.39, 0.29) is 17.9 Å². The number of anilines is 1. The third-order valence-electron chi connectivity index (χ3n) is 6.33. The zero-order valence-corrected chi connectivity index (χ0v) is 24.4. The number of nitrogens with zero attached hydrogens (tertiary/aromatic N) is 2. The number of benzene rings is 3. The van der Waals surface area contributed by atoms with E-state index >= 15 is 0 Å². The molecule has 0 aromatic heterocycles. The molecule has 0 saturated carbocycles. The van der Waals surface area contributed by atoms with Gasteiger partial charge < -0.3 is 10.2 Å². The van der Waals surface area contributed by atoms with Gasteiger partial charge in [0.15, 0.2) is 0 Å². The highest BCUT2D eigenvalue weighted by atomic mass is 35.5. The van der Waals surface area contributed by atoms with Gasteiger partial charge in [-0.05, 0) is 56.2 Å². The van der Waals surface area contributed by atoms with E-state index < -0.39 is 56.9 Å². The highest BCUT2D eigenvalue weighted by molar-refractivity contribution is 7.92. The molecular weight excluding hydrogens is 579 g/mol. The van der Waals surface area contributed by atoms with Gasteiger partial charge in [-0.2, -0.15) is 13.2 Å². The Morgan fingerprint density at radius 3 is 2.24 bits per heavy atom. The largest absolute Gasteiger partial charge is 0.417 e. The standard InChI is InChI=1S/C29H31ClF3N3O4S/c1-4-26(28(38)34-5-2)35(18-21-11-9-10-20(3)16-21)27(37)19-36(41(39,40)23-12-7-6-8-13-23)22-14-15-25(30)24(17-22)29(31,32)33/h6-17,26H,4-5,18-19H2,1-3H3,(H,34,38)/t26-/m0/s1. The molecule has 12 heteroatoms. The van der Waals surface area contributed by atoms with Crippen molar-refractivity contribution in [3.8, 4) is 0 Å². The predicted molar refractivity (Wildman–Crippen MR) is 152 cm³/mol. The average molecular weight is 610 g/mol. The molecule has 0 aliphatic carbocycles. The monoisotopic (exact) mass is 609 g/mol. The van der Waals surface area contributed by atoms with Crippen molar-refractivity contribution in [1.82, 2.24) is 10.2 Å². The molecule has 3 rings (SSSR count). The van der Waals surface area contributed by atoms with E-state index in [0.29, 0.717) is 22.5 Å². The van der Waals surface area contributed by atoms with Gasteiger partial charge in [0.2, 0.25) is 11.8 Å². The molecule has 41 heavy (non-hydrogen) atoms. The fourth-order valence-electron chi connectivity index (χ4n) is 4.35. The second-order valence-corrected chi connectivity index (χ2v) is 11.6. The van der Waals surface area contributed by atoms with Crippen molar-refractivity contribution in [3.05, 3.63) is 94.5 Å². The van der Waals surface area contributed by atoms with Crippen molar-refractivity contribution in [3.63, 3.8) is 0 Å². The lowest BCUT2D eigenvalue weighted by Gasteiger charge is -2.33. The summed E-state index contributed by atoms with van der Waals surface area (Å²) in [4.78, 5) is 27.9. The molecule has 7 nitrogen and oxygen atoms in total. The summed E-state index contributed by atoms with van der Waals surface area (Å²) in [6, 6.07) is 16.0. The molecule has 0 heterocycles. The summed E-state index contributed by atoms with van der Waals surface area (Å²) in [7, 11) is -4.53. The lowest BCUT2D eigenvalue weighted by Crippen LogP contribution is -2.52. The van der Waals surface area contributed by atoms with Crippen LogP contribution in [0, 0.1) is 6.92 Å². The number of likely N-dealkylation sites (N-methyl/N-ethyl adjacent to an activating group) is 1. The minimum atomic E-state index is -4.87. The van der Waals surface area contributed by atoms with Gasteiger partial charge in [-0.25, -0.2) is 8.42 Å². The minimum Gasteiger partial charge on any atom is -0.355 e. The molecule has 0 unspecified atom stereocenters. The molecule has 1 N–H and O–H groups in total. The first-order valence-corrected chi connectivity index (χ1v) is 14.7. The topological polar surface area (TPSA) is 86.8 Å². The number of hydrogen-bond donors (Lipinski definition) is 1. The summed E-state index contributed by atoms with van der Waals surface area (Å²) in [5, 5.41) is 2.08. The van der Waals surface area contributed by atoms with Crippen LogP contribution < -0.4 is 9.62 Å². The highest BCUT2D eigenvalue weighted by Gasteiger charge is 2.37. The first-order chi connectivity index (χ1) is 19.3. The van der Waals surface area contributed by atoms with Gasteiger partial charge in [0.25, 0.3) is 10.0 Å². The number of amides is 2. The molecule has 2 amide bonds. The summed E-state index contributed by atoms with van der Waals surface area (Å²) in [5.41, 5.74) is -0.0391. The van der Waals surface area contributed by atoms with Crippen LogP contribution in [0.4, 0.5) is 18.9 Å². The van der Waals surface area contributed by atoms with Crippen LogP contribution in [-0.4, -0.2) is 44.3 Å². The molecule has 3 aromatic rings. The minimum absolute atomic E-state index is 0.0240.